The van der Waals surface area contributed by atoms with Gasteiger partial charge in [-0.1, -0.05) is 12.1 Å². The molecule has 4 heteroatoms. The molecule has 0 N–H and O–H groups in total. The number of nitrogens with zero attached hydrogens (tertiary/aromatic N) is 1. The molecule has 0 amide bonds. The molecule has 0 unspecified atom stereocenters. The van der Waals surface area contributed by atoms with E-state index in [1.165, 1.54) is 18.9 Å². The Morgan fingerprint density at radius 1 is 1.05 bits per heavy atom. The molecule has 0 atom stereocenters. The van der Waals surface area contributed by atoms with Crippen LogP contribution < -0.4 is 4.74 Å². The summed E-state index contributed by atoms with van der Waals surface area (Å²) in [5.74, 6) is 0.105. The van der Waals surface area contributed by atoms with Gasteiger partial charge in [0.25, 0.3) is 0 Å². The highest BCUT2D eigenvalue weighted by Crippen LogP contribution is 2.30. The first kappa shape index (κ1) is 15.8. The van der Waals surface area contributed by atoms with Crippen molar-refractivity contribution in [3.05, 3.63) is 30.1 Å². The molecule has 2 aliphatic rings. The monoisotopic (exact) mass is 307 g/mol. The third kappa shape index (κ3) is 3.79. The third-order valence-electron chi connectivity index (χ3n) is 4.63. The van der Waals surface area contributed by atoms with Gasteiger partial charge in [0.05, 0.1) is 12.2 Å². The minimum Gasteiger partial charge on any atom is -0.485 e. The first-order valence-electron chi connectivity index (χ1n) is 8.42. The predicted molar refractivity (Wildman–Crippen MR) is 84.7 cm³/mol. The number of rotatable bonds is 5. The second kappa shape index (κ2) is 6.97. The average molecular weight is 307 g/mol. The maximum atomic E-state index is 13.6. The van der Waals surface area contributed by atoms with Crippen LogP contribution in [0.1, 0.15) is 39.5 Å². The lowest BCUT2D eigenvalue weighted by Crippen LogP contribution is -2.58. The Hall–Kier alpha value is -1.13. The van der Waals surface area contributed by atoms with Crippen LogP contribution in [-0.4, -0.2) is 42.3 Å². The number of para-hydroxylation sites is 1. The van der Waals surface area contributed by atoms with E-state index < -0.39 is 0 Å². The van der Waals surface area contributed by atoms with Gasteiger partial charge < -0.3 is 9.47 Å². The van der Waals surface area contributed by atoms with E-state index in [2.05, 4.69) is 18.7 Å². The largest absolute Gasteiger partial charge is 0.485 e. The number of likely N-dealkylation sites (tertiary alicyclic amines) is 1. The first-order chi connectivity index (χ1) is 10.6. The van der Waals surface area contributed by atoms with Crippen molar-refractivity contribution in [2.24, 2.45) is 0 Å². The van der Waals surface area contributed by atoms with Crippen molar-refractivity contribution in [3.8, 4) is 5.75 Å². The summed E-state index contributed by atoms with van der Waals surface area (Å²) < 4.78 is 25.2. The van der Waals surface area contributed by atoms with Gasteiger partial charge in [0.2, 0.25) is 0 Å². The molecule has 1 heterocycles. The van der Waals surface area contributed by atoms with Crippen LogP contribution >= 0.6 is 0 Å². The van der Waals surface area contributed by atoms with Crippen LogP contribution in [0.25, 0.3) is 0 Å². The van der Waals surface area contributed by atoms with Crippen molar-refractivity contribution in [1.29, 1.82) is 0 Å². The summed E-state index contributed by atoms with van der Waals surface area (Å²) in [6.45, 7) is 6.03. The normalized spacial score (nSPS) is 26.9. The number of halogens is 1. The van der Waals surface area contributed by atoms with Crippen LogP contribution in [-0.2, 0) is 4.74 Å². The molecule has 1 aliphatic carbocycles. The summed E-state index contributed by atoms with van der Waals surface area (Å²) >= 11 is 0. The Morgan fingerprint density at radius 2 is 1.73 bits per heavy atom. The number of ether oxygens (including phenoxy) is 2. The van der Waals surface area contributed by atoms with Gasteiger partial charge in [-0.15, -0.1) is 0 Å². The van der Waals surface area contributed by atoms with Crippen LogP contribution in [0, 0.1) is 5.82 Å². The molecule has 3 nitrogen and oxygen atoms in total. The molecular weight excluding hydrogens is 281 g/mol. The highest BCUT2D eigenvalue weighted by Gasteiger charge is 2.36. The van der Waals surface area contributed by atoms with Gasteiger partial charge in [-0.25, -0.2) is 4.39 Å². The minimum atomic E-state index is -0.271. The number of hydrogen-bond donors (Lipinski definition) is 0. The zero-order chi connectivity index (χ0) is 15.5. The van der Waals surface area contributed by atoms with Crippen LogP contribution in [0.4, 0.5) is 4.39 Å². The van der Waals surface area contributed by atoms with Crippen molar-refractivity contribution >= 4 is 0 Å². The van der Waals surface area contributed by atoms with Crippen LogP contribution in [0.3, 0.4) is 0 Å². The van der Waals surface area contributed by atoms with Crippen LogP contribution in [0.2, 0.25) is 0 Å². The lowest BCUT2D eigenvalue weighted by atomic mass is 9.89. The minimum absolute atomic E-state index is 0.126. The topological polar surface area (TPSA) is 21.7 Å². The summed E-state index contributed by atoms with van der Waals surface area (Å²) in [6.07, 6.45) is 5.58. The van der Waals surface area contributed by atoms with E-state index in [-0.39, 0.29) is 11.9 Å². The summed E-state index contributed by atoms with van der Waals surface area (Å²) in [4.78, 5) is 2.47. The zero-order valence-electron chi connectivity index (χ0n) is 13.5. The van der Waals surface area contributed by atoms with Gasteiger partial charge in [-0.3, -0.25) is 4.90 Å². The van der Waals surface area contributed by atoms with E-state index in [1.807, 2.05) is 6.07 Å². The predicted octanol–water partition coefficient (Wildman–Crippen LogP) is 3.62. The Morgan fingerprint density at radius 3 is 2.36 bits per heavy atom. The Labute approximate surface area is 132 Å². The molecule has 0 radical (unpaired) electrons. The molecule has 1 aromatic rings. The molecule has 3 rings (SSSR count). The second-order valence-electron chi connectivity index (χ2n) is 6.74. The van der Waals surface area contributed by atoms with E-state index in [9.17, 15) is 4.39 Å². The Kier molecular flexibility index (Phi) is 4.99. The fourth-order valence-electron chi connectivity index (χ4n) is 3.49. The standard InChI is InChI=1S/C18H26FNO2/c1-13(2)21-15-9-7-14(8-10-15)20-11-16(12-20)22-18-6-4-3-5-17(18)19/h3-6,13-16H,7-12H2,1-2H3. The molecule has 1 saturated heterocycles. The molecule has 0 aromatic heterocycles. The van der Waals surface area contributed by atoms with Crippen LogP contribution in [0.5, 0.6) is 5.75 Å². The Balaban J connectivity index is 1.40. The zero-order valence-corrected chi connectivity index (χ0v) is 13.5. The van der Waals surface area contributed by atoms with Crippen molar-refractivity contribution in [3.63, 3.8) is 0 Å². The molecule has 0 bridgehead atoms. The van der Waals surface area contributed by atoms with E-state index in [4.69, 9.17) is 9.47 Å². The quantitative estimate of drug-likeness (QED) is 0.829. The van der Waals surface area contributed by atoms with Crippen LogP contribution in [0.15, 0.2) is 24.3 Å². The highest BCUT2D eigenvalue weighted by atomic mass is 19.1. The van der Waals surface area contributed by atoms with E-state index >= 15 is 0 Å². The van der Waals surface area contributed by atoms with Crippen molar-refractivity contribution in [2.75, 3.05) is 13.1 Å². The summed E-state index contributed by atoms with van der Waals surface area (Å²) in [6, 6.07) is 7.29. The lowest BCUT2D eigenvalue weighted by molar-refractivity contribution is -0.0560. The molecule has 2 fully saturated rings. The van der Waals surface area contributed by atoms with E-state index in [1.54, 1.807) is 12.1 Å². The van der Waals surface area contributed by atoms with Gasteiger partial charge in [0.1, 0.15) is 6.10 Å². The molecule has 1 aliphatic heterocycles. The fraction of sp³-hybridized carbons (Fsp3) is 0.667. The number of benzene rings is 1. The SMILES string of the molecule is CC(C)OC1CCC(N2CC(Oc3ccccc3F)C2)CC1. The Bertz CT molecular complexity index is 480. The van der Waals surface area contributed by atoms with Gasteiger partial charge in [0, 0.05) is 19.1 Å². The number of hydrogen-bond acceptors (Lipinski definition) is 3. The second-order valence-corrected chi connectivity index (χ2v) is 6.74. The van der Waals surface area contributed by atoms with E-state index in [0.717, 1.165) is 25.9 Å². The average Bonchev–Trinajstić information content (AvgIpc) is 2.45. The molecule has 1 saturated carbocycles. The van der Waals surface area contributed by atoms with Gasteiger partial charge >= 0.3 is 0 Å². The summed E-state index contributed by atoms with van der Waals surface area (Å²) in [5, 5.41) is 0. The van der Waals surface area contributed by atoms with Gasteiger partial charge in [-0.05, 0) is 51.7 Å². The van der Waals surface area contributed by atoms with E-state index in [0.29, 0.717) is 24.0 Å². The van der Waals surface area contributed by atoms with Crippen molar-refractivity contribution in [2.45, 2.75) is 63.9 Å². The van der Waals surface area contributed by atoms with Gasteiger partial charge in [0.15, 0.2) is 11.6 Å². The maximum absolute atomic E-state index is 13.6. The lowest BCUT2D eigenvalue weighted by Gasteiger charge is -2.46. The molecular formula is C18H26FNO2. The smallest absolute Gasteiger partial charge is 0.165 e. The molecule has 1 aromatic carbocycles. The fourth-order valence-corrected chi connectivity index (χ4v) is 3.49. The molecule has 22 heavy (non-hydrogen) atoms. The molecule has 0 spiro atoms. The highest BCUT2D eigenvalue weighted by molar-refractivity contribution is 5.24. The van der Waals surface area contributed by atoms with Crippen molar-refractivity contribution in [1.82, 2.24) is 4.90 Å². The summed E-state index contributed by atoms with van der Waals surface area (Å²) in [7, 11) is 0. The molecule has 122 valence electrons. The summed E-state index contributed by atoms with van der Waals surface area (Å²) in [5.41, 5.74) is 0. The first-order valence-corrected chi connectivity index (χ1v) is 8.42. The maximum Gasteiger partial charge on any atom is 0.165 e. The van der Waals surface area contributed by atoms with Gasteiger partial charge in [-0.2, -0.15) is 0 Å². The third-order valence-corrected chi connectivity index (χ3v) is 4.63. The van der Waals surface area contributed by atoms with Crippen molar-refractivity contribution < 1.29 is 13.9 Å².